The number of nitrogens with zero attached hydrogens (tertiary/aromatic N) is 5. The van der Waals surface area contributed by atoms with Gasteiger partial charge in [0.05, 0.1) is 36.5 Å². The third-order valence-electron chi connectivity index (χ3n) is 8.01. The van der Waals surface area contributed by atoms with E-state index in [1.807, 2.05) is 0 Å². The summed E-state index contributed by atoms with van der Waals surface area (Å²) in [6.45, 7) is 2.67. The number of carboxylic acids is 1. The predicted octanol–water partition coefficient (Wildman–Crippen LogP) is -0.138. The van der Waals surface area contributed by atoms with Crippen LogP contribution in [0.3, 0.4) is 0 Å². The number of anilines is 2. The first-order valence-corrected chi connectivity index (χ1v) is 15.7. The molecule has 0 aromatic carbocycles. The third kappa shape index (κ3) is 4.82. The van der Waals surface area contributed by atoms with Crippen molar-refractivity contribution in [1.82, 2.24) is 20.2 Å². The molecule has 3 fully saturated rings. The molecule has 4 aliphatic heterocycles. The van der Waals surface area contributed by atoms with E-state index in [4.69, 9.17) is 16.3 Å². The van der Waals surface area contributed by atoms with Crippen molar-refractivity contribution < 1.29 is 28.8 Å². The Hall–Kier alpha value is -3.21. The molecule has 212 valence electrons. The van der Waals surface area contributed by atoms with E-state index < -0.39 is 29.2 Å². The zero-order valence-corrected chi connectivity index (χ0v) is 23.9. The van der Waals surface area contributed by atoms with E-state index >= 15 is 0 Å². The van der Waals surface area contributed by atoms with E-state index in [9.17, 15) is 19.5 Å². The van der Waals surface area contributed by atoms with Crippen LogP contribution in [-0.2, 0) is 25.8 Å². The summed E-state index contributed by atoms with van der Waals surface area (Å²) in [5, 5.41) is 22.3. The first kappa shape index (κ1) is 27.0. The summed E-state index contributed by atoms with van der Waals surface area (Å²) in [4.78, 5) is 53.7. The highest BCUT2D eigenvalue weighted by molar-refractivity contribution is 8.00. The van der Waals surface area contributed by atoms with E-state index in [-0.39, 0.29) is 28.8 Å². The van der Waals surface area contributed by atoms with Gasteiger partial charge in [0.2, 0.25) is 0 Å². The lowest BCUT2D eigenvalue weighted by Gasteiger charge is -2.51. The zero-order valence-electron chi connectivity index (χ0n) is 21.4. The number of aromatic nitrogens is 2. The second kappa shape index (κ2) is 10.6. The number of β-lactam (4-membered cyclic amide) rings is 1. The molecule has 4 aliphatic rings. The minimum Gasteiger partial charge on any atom is -0.543 e. The molecule has 2 atom stereocenters. The van der Waals surface area contributed by atoms with Crippen LogP contribution in [0.15, 0.2) is 27.2 Å². The van der Waals surface area contributed by atoms with Crippen molar-refractivity contribution >= 4 is 68.2 Å². The number of amides is 2. The number of thioether (sulfide) groups is 1. The average molecular weight is 605 g/mol. The van der Waals surface area contributed by atoms with Gasteiger partial charge in [-0.25, -0.2) is 9.97 Å². The maximum atomic E-state index is 13.3. The number of rotatable bonds is 9. The number of thiazole rings is 2. The van der Waals surface area contributed by atoms with Gasteiger partial charge in [0.25, 0.3) is 11.8 Å². The minimum atomic E-state index is -1.36. The van der Waals surface area contributed by atoms with Gasteiger partial charge in [-0.3, -0.25) is 14.5 Å². The lowest BCUT2D eigenvalue weighted by atomic mass is 10.0. The number of quaternary nitrogens is 1. The SMILES string of the molecule is Nc1nc(CO/N=C(\C(=O)N[C@@H]2C(=O)N3C(C(=O)[O-])=C(C[N+]45CCCC4CCC5)CS[C@H]23)c2csc(N)n2)cs1. The summed E-state index contributed by atoms with van der Waals surface area (Å²) in [5.74, 6) is -2.09. The molecule has 0 saturated carbocycles. The topological polar surface area (TPSA) is 189 Å². The van der Waals surface area contributed by atoms with Gasteiger partial charge in [0.1, 0.15) is 23.7 Å². The Morgan fingerprint density at radius 2 is 1.90 bits per heavy atom. The third-order valence-corrected chi connectivity index (χ3v) is 10.7. The van der Waals surface area contributed by atoms with E-state index in [2.05, 4.69) is 20.4 Å². The van der Waals surface area contributed by atoms with Gasteiger partial charge >= 0.3 is 0 Å². The number of hydrogen-bond acceptors (Lipinski definition) is 13. The average Bonchev–Trinajstić information content (AvgIpc) is 3.70. The fourth-order valence-electron chi connectivity index (χ4n) is 6.28. The van der Waals surface area contributed by atoms with Crippen LogP contribution in [0, 0.1) is 0 Å². The smallest absolute Gasteiger partial charge is 0.276 e. The summed E-state index contributed by atoms with van der Waals surface area (Å²) in [6.07, 6.45) is 4.61. The van der Waals surface area contributed by atoms with Gasteiger partial charge in [-0.05, 0) is 0 Å². The maximum Gasteiger partial charge on any atom is 0.276 e. The summed E-state index contributed by atoms with van der Waals surface area (Å²) in [7, 11) is 0. The molecule has 40 heavy (non-hydrogen) atoms. The van der Waals surface area contributed by atoms with Crippen LogP contribution in [0.4, 0.5) is 10.3 Å². The number of aliphatic carboxylic acids is 1. The Bertz CT molecular complexity index is 1410. The van der Waals surface area contributed by atoms with E-state index in [0.717, 1.165) is 60.2 Å². The van der Waals surface area contributed by atoms with E-state index in [1.54, 1.807) is 10.8 Å². The Balaban J connectivity index is 1.18. The van der Waals surface area contributed by atoms with E-state index in [0.29, 0.717) is 29.2 Å². The molecule has 0 radical (unpaired) electrons. The molecule has 0 aliphatic carbocycles. The highest BCUT2D eigenvalue weighted by Gasteiger charge is 2.55. The van der Waals surface area contributed by atoms with Crippen molar-refractivity contribution in [2.45, 2.75) is 49.7 Å². The molecule has 6 rings (SSSR count). The Morgan fingerprint density at radius 3 is 2.55 bits per heavy atom. The molecule has 2 aromatic rings. The number of oxime groups is 1. The lowest BCUT2D eigenvalue weighted by Crippen LogP contribution is -2.72. The highest BCUT2D eigenvalue weighted by Crippen LogP contribution is 2.43. The largest absolute Gasteiger partial charge is 0.543 e. The molecule has 5 N–H and O–H groups in total. The zero-order chi connectivity index (χ0) is 28.0. The Labute approximate surface area is 241 Å². The first-order chi connectivity index (χ1) is 19.3. The van der Waals surface area contributed by atoms with Crippen LogP contribution in [-0.4, -0.2) is 85.7 Å². The molecule has 2 amide bonds. The maximum absolute atomic E-state index is 13.3. The molecule has 2 aromatic heterocycles. The summed E-state index contributed by atoms with van der Waals surface area (Å²) < 4.78 is 0.906. The van der Waals surface area contributed by atoms with E-state index in [1.165, 1.54) is 28.0 Å². The standard InChI is InChI=1S/C24H28N8O5S3/c25-23-27-13(10-39-23)8-37-30-16(15-11-40-24(26)28-15)19(33)29-17-20(34)31-18(22(35)36)12(9-38-21(17)31)7-32-5-1-3-14(32)4-2-6-32/h10-11,14,17,21H,1-9H2,(H5-,25,26,27,28,29,33,35,36)/b30-16-/t14?,17-,21-,32?/m1/s1. The van der Waals surface area contributed by atoms with Gasteiger partial charge in [-0.15, -0.1) is 34.4 Å². The van der Waals surface area contributed by atoms with Crippen molar-refractivity contribution in [3.8, 4) is 0 Å². The predicted molar refractivity (Wildman–Crippen MR) is 149 cm³/mol. The Morgan fingerprint density at radius 1 is 1.18 bits per heavy atom. The summed E-state index contributed by atoms with van der Waals surface area (Å²) in [5.41, 5.74) is 12.7. The van der Waals surface area contributed by atoms with Crippen LogP contribution >= 0.6 is 34.4 Å². The van der Waals surface area contributed by atoms with Crippen LogP contribution in [0.2, 0.25) is 0 Å². The molecule has 3 saturated heterocycles. The van der Waals surface area contributed by atoms with Crippen LogP contribution in [0.5, 0.6) is 0 Å². The molecule has 6 heterocycles. The first-order valence-electron chi connectivity index (χ1n) is 12.9. The van der Waals surface area contributed by atoms with Gasteiger partial charge in [-0.1, -0.05) is 5.16 Å². The molecule has 0 bridgehead atoms. The number of nitrogens with two attached hydrogens (primary N) is 2. The normalized spacial score (nSPS) is 27.8. The van der Waals surface area contributed by atoms with Crippen molar-refractivity contribution in [3.05, 3.63) is 33.4 Å². The van der Waals surface area contributed by atoms with Crippen molar-refractivity contribution in [3.63, 3.8) is 0 Å². The second-order valence-electron chi connectivity index (χ2n) is 10.3. The van der Waals surface area contributed by atoms with Gasteiger partial charge < -0.3 is 36.0 Å². The van der Waals surface area contributed by atoms with Gasteiger partial charge in [0.15, 0.2) is 22.6 Å². The molecular formula is C24H28N8O5S3. The Kier molecular flexibility index (Phi) is 7.18. The van der Waals surface area contributed by atoms with Gasteiger partial charge in [0, 0.05) is 47.8 Å². The fraction of sp³-hybridized carbons (Fsp3) is 0.500. The number of hydrogen-bond donors (Lipinski definition) is 3. The van der Waals surface area contributed by atoms with Crippen LogP contribution in [0.1, 0.15) is 37.1 Å². The molecule has 0 unspecified atom stereocenters. The van der Waals surface area contributed by atoms with Crippen LogP contribution < -0.4 is 21.9 Å². The number of carboxylic acid groups (broad SMARTS) is 1. The highest BCUT2D eigenvalue weighted by atomic mass is 32.2. The number of fused-ring (bicyclic) bond motifs is 2. The fourth-order valence-corrected chi connectivity index (χ4v) is 8.71. The number of nitrogens with one attached hydrogen (secondary N) is 1. The minimum absolute atomic E-state index is 0.0257. The van der Waals surface area contributed by atoms with Crippen molar-refractivity contribution in [2.24, 2.45) is 5.16 Å². The molecular weight excluding hydrogens is 577 g/mol. The van der Waals surface area contributed by atoms with Gasteiger partial charge in [-0.2, -0.15) is 0 Å². The molecule has 0 spiro atoms. The number of carbonyl (C=O) groups excluding carboxylic acids is 3. The van der Waals surface area contributed by atoms with Crippen molar-refractivity contribution in [1.29, 1.82) is 0 Å². The van der Waals surface area contributed by atoms with Crippen molar-refractivity contribution in [2.75, 3.05) is 36.9 Å². The monoisotopic (exact) mass is 604 g/mol. The number of carbonyl (C=O) groups is 3. The molecule has 16 heteroatoms. The summed E-state index contributed by atoms with van der Waals surface area (Å²) >= 11 is 3.82. The quantitative estimate of drug-likeness (QED) is 0.150. The van der Waals surface area contributed by atoms with Crippen LogP contribution in [0.25, 0.3) is 0 Å². The lowest BCUT2D eigenvalue weighted by molar-refractivity contribution is -0.922. The molecule has 13 nitrogen and oxygen atoms in total. The second-order valence-corrected chi connectivity index (χ2v) is 13.2. The number of nitrogen functional groups attached to an aromatic ring is 2. The summed E-state index contributed by atoms with van der Waals surface area (Å²) in [6, 6.07) is -0.379.